The number of amides is 2. The van der Waals surface area contributed by atoms with Crippen LogP contribution in [0.25, 0.3) is 0 Å². The van der Waals surface area contributed by atoms with E-state index in [0.717, 1.165) is 5.01 Å². The minimum atomic E-state index is -0.686. The summed E-state index contributed by atoms with van der Waals surface area (Å²) in [5.41, 5.74) is 1.32. The average Bonchev–Trinajstić information content (AvgIpc) is 3.03. The van der Waals surface area contributed by atoms with Crippen molar-refractivity contribution in [2.45, 2.75) is 6.92 Å². The molecule has 0 saturated heterocycles. The summed E-state index contributed by atoms with van der Waals surface area (Å²) in [7, 11) is 0. The minimum Gasteiger partial charge on any atom is -0.426 e. The Hall–Kier alpha value is -4.59. The van der Waals surface area contributed by atoms with E-state index in [2.05, 4.69) is 5.10 Å². The Balaban J connectivity index is 1.44. The number of fused-ring (bicyclic) bond motifs is 1. The van der Waals surface area contributed by atoms with Gasteiger partial charge < -0.3 is 9.47 Å². The van der Waals surface area contributed by atoms with Gasteiger partial charge in [-0.2, -0.15) is 10.1 Å². The van der Waals surface area contributed by atoms with Crippen LogP contribution in [0.5, 0.6) is 11.5 Å². The number of hydrazone groups is 1. The standard InChI is InChI=1S/C24H16N2O6/c1-15(27)31-21-9-5-4-8-20(21)24(30)32-17-12-10-16(11-13-17)14-25-26-22(28)18-6-2-3-7-19(18)23(26)29/h2-14H,1H3. The number of carbonyl (C=O) groups is 4. The van der Waals surface area contributed by atoms with E-state index < -0.39 is 23.8 Å². The van der Waals surface area contributed by atoms with Crippen molar-refractivity contribution in [3.63, 3.8) is 0 Å². The lowest BCUT2D eigenvalue weighted by Gasteiger charge is -2.09. The molecule has 0 unspecified atom stereocenters. The molecule has 0 radical (unpaired) electrons. The van der Waals surface area contributed by atoms with E-state index >= 15 is 0 Å². The molecule has 0 fully saturated rings. The zero-order valence-electron chi connectivity index (χ0n) is 16.8. The largest absolute Gasteiger partial charge is 0.426 e. The first-order valence-corrected chi connectivity index (χ1v) is 9.55. The van der Waals surface area contributed by atoms with E-state index in [0.29, 0.717) is 16.7 Å². The quantitative estimate of drug-likeness (QED) is 0.267. The summed E-state index contributed by atoms with van der Waals surface area (Å²) in [4.78, 5) is 48.3. The molecule has 3 aromatic rings. The van der Waals surface area contributed by atoms with Crippen LogP contribution in [-0.4, -0.2) is 35.0 Å². The third-order valence-electron chi connectivity index (χ3n) is 4.55. The van der Waals surface area contributed by atoms with Crippen LogP contribution in [0, 0.1) is 0 Å². The topological polar surface area (TPSA) is 102 Å². The van der Waals surface area contributed by atoms with Crippen LogP contribution in [-0.2, 0) is 4.79 Å². The highest BCUT2D eigenvalue weighted by Crippen LogP contribution is 2.23. The van der Waals surface area contributed by atoms with Crippen molar-refractivity contribution in [2.24, 2.45) is 5.10 Å². The van der Waals surface area contributed by atoms with Gasteiger partial charge in [0.15, 0.2) is 0 Å². The Morgan fingerprint density at radius 2 is 1.41 bits per heavy atom. The highest BCUT2D eigenvalue weighted by Gasteiger charge is 2.35. The first-order chi connectivity index (χ1) is 15.4. The maximum atomic E-state index is 12.5. The number of carbonyl (C=O) groups excluding carboxylic acids is 4. The van der Waals surface area contributed by atoms with E-state index in [4.69, 9.17) is 9.47 Å². The molecule has 158 valence electrons. The zero-order valence-corrected chi connectivity index (χ0v) is 16.8. The van der Waals surface area contributed by atoms with Gasteiger partial charge >= 0.3 is 11.9 Å². The van der Waals surface area contributed by atoms with Crippen LogP contribution in [0.4, 0.5) is 0 Å². The van der Waals surface area contributed by atoms with Gasteiger partial charge in [-0.05, 0) is 54.1 Å². The number of hydrogen-bond acceptors (Lipinski definition) is 7. The summed E-state index contributed by atoms with van der Waals surface area (Å²) < 4.78 is 10.4. The van der Waals surface area contributed by atoms with Crippen molar-refractivity contribution in [1.82, 2.24) is 5.01 Å². The number of esters is 2. The van der Waals surface area contributed by atoms with Gasteiger partial charge in [0.25, 0.3) is 11.8 Å². The lowest BCUT2D eigenvalue weighted by molar-refractivity contribution is -0.131. The number of para-hydroxylation sites is 1. The van der Waals surface area contributed by atoms with Crippen molar-refractivity contribution in [3.05, 3.63) is 95.1 Å². The van der Waals surface area contributed by atoms with Crippen LogP contribution >= 0.6 is 0 Å². The molecule has 4 rings (SSSR count). The van der Waals surface area contributed by atoms with Gasteiger partial charge in [0, 0.05) is 6.92 Å². The number of benzene rings is 3. The van der Waals surface area contributed by atoms with E-state index in [1.54, 1.807) is 48.5 Å². The fourth-order valence-electron chi connectivity index (χ4n) is 3.07. The molecule has 0 saturated carbocycles. The van der Waals surface area contributed by atoms with Crippen molar-refractivity contribution in [3.8, 4) is 11.5 Å². The molecule has 32 heavy (non-hydrogen) atoms. The van der Waals surface area contributed by atoms with Gasteiger partial charge in [0.05, 0.1) is 17.3 Å². The second kappa shape index (κ2) is 8.65. The van der Waals surface area contributed by atoms with E-state index in [1.165, 1.54) is 37.4 Å². The third kappa shape index (κ3) is 4.15. The molecule has 0 atom stereocenters. The van der Waals surface area contributed by atoms with Crippen molar-refractivity contribution in [2.75, 3.05) is 0 Å². The lowest BCUT2D eigenvalue weighted by atomic mass is 10.1. The zero-order chi connectivity index (χ0) is 22.7. The Morgan fingerprint density at radius 1 is 0.812 bits per heavy atom. The fraction of sp³-hybridized carbons (Fsp3) is 0.0417. The number of nitrogens with zero attached hydrogens (tertiary/aromatic N) is 2. The molecule has 2 amide bonds. The van der Waals surface area contributed by atoms with Gasteiger partial charge in [-0.15, -0.1) is 0 Å². The van der Waals surface area contributed by atoms with E-state index in [-0.39, 0.29) is 17.1 Å². The average molecular weight is 428 g/mol. The maximum absolute atomic E-state index is 12.5. The monoisotopic (exact) mass is 428 g/mol. The Kier molecular flexibility index (Phi) is 5.59. The second-order valence-electron chi connectivity index (χ2n) is 6.76. The van der Waals surface area contributed by atoms with E-state index in [9.17, 15) is 19.2 Å². The third-order valence-corrected chi connectivity index (χ3v) is 4.55. The second-order valence-corrected chi connectivity index (χ2v) is 6.76. The molecule has 8 nitrogen and oxygen atoms in total. The summed E-state index contributed by atoms with van der Waals surface area (Å²) in [6, 6.07) is 19.1. The van der Waals surface area contributed by atoms with Gasteiger partial charge in [-0.25, -0.2) is 4.79 Å². The highest BCUT2D eigenvalue weighted by molar-refractivity contribution is 6.21. The fourth-order valence-corrected chi connectivity index (χ4v) is 3.07. The number of rotatable bonds is 5. The van der Waals surface area contributed by atoms with Gasteiger partial charge in [-0.1, -0.05) is 24.3 Å². The molecule has 0 bridgehead atoms. The smallest absolute Gasteiger partial charge is 0.347 e. The molecule has 8 heteroatoms. The molecule has 1 aliphatic rings. The maximum Gasteiger partial charge on any atom is 0.347 e. The van der Waals surface area contributed by atoms with Gasteiger partial charge in [0.1, 0.15) is 17.1 Å². The first-order valence-electron chi connectivity index (χ1n) is 9.55. The molecule has 1 heterocycles. The van der Waals surface area contributed by atoms with Crippen LogP contribution < -0.4 is 9.47 Å². The van der Waals surface area contributed by atoms with E-state index in [1.807, 2.05) is 0 Å². The van der Waals surface area contributed by atoms with Crippen molar-refractivity contribution >= 4 is 30.0 Å². The predicted molar refractivity (Wildman–Crippen MR) is 114 cm³/mol. The predicted octanol–water partition coefficient (Wildman–Crippen LogP) is 3.46. The molecule has 0 spiro atoms. The van der Waals surface area contributed by atoms with Crippen molar-refractivity contribution in [1.29, 1.82) is 0 Å². The summed E-state index contributed by atoms with van der Waals surface area (Å²) >= 11 is 0. The Morgan fingerprint density at radius 3 is 2.03 bits per heavy atom. The number of ether oxygens (including phenoxy) is 2. The van der Waals surface area contributed by atoms with Crippen LogP contribution in [0.15, 0.2) is 77.9 Å². The highest BCUT2D eigenvalue weighted by atomic mass is 16.5. The minimum absolute atomic E-state index is 0.106. The first kappa shape index (κ1) is 20.7. The number of imide groups is 1. The molecule has 1 aliphatic heterocycles. The molecular formula is C24H16N2O6. The summed E-state index contributed by atoms with van der Waals surface area (Å²) in [5, 5.41) is 4.81. The molecule has 0 aliphatic carbocycles. The summed E-state index contributed by atoms with van der Waals surface area (Å²) in [6.45, 7) is 1.24. The van der Waals surface area contributed by atoms with Gasteiger partial charge in [0.2, 0.25) is 0 Å². The molecular weight excluding hydrogens is 412 g/mol. The molecule has 0 N–H and O–H groups in total. The Bertz CT molecular complexity index is 1230. The molecule has 3 aromatic carbocycles. The molecule has 0 aromatic heterocycles. The van der Waals surface area contributed by atoms with Crippen LogP contribution in [0.3, 0.4) is 0 Å². The SMILES string of the molecule is CC(=O)Oc1ccccc1C(=O)Oc1ccc(C=NN2C(=O)c3ccccc3C2=O)cc1. The normalized spacial score (nSPS) is 12.7. The summed E-state index contributed by atoms with van der Waals surface area (Å²) in [5.74, 6) is -1.85. The number of hydrogen-bond donors (Lipinski definition) is 0. The van der Waals surface area contributed by atoms with Gasteiger partial charge in [-0.3, -0.25) is 14.4 Å². The van der Waals surface area contributed by atoms with Crippen LogP contribution in [0.2, 0.25) is 0 Å². The lowest BCUT2D eigenvalue weighted by Crippen LogP contribution is -2.23. The summed E-state index contributed by atoms with van der Waals surface area (Å²) in [6.07, 6.45) is 1.36. The van der Waals surface area contributed by atoms with Crippen molar-refractivity contribution < 1.29 is 28.7 Å². The Labute approximate surface area is 182 Å². The van der Waals surface area contributed by atoms with Crippen LogP contribution in [0.1, 0.15) is 43.6 Å².